The van der Waals surface area contributed by atoms with Crippen LogP contribution in [0, 0.1) is 5.92 Å². The quantitative estimate of drug-likeness (QED) is 0.836. The molecule has 0 aromatic carbocycles. The Balaban J connectivity index is 1.67. The molecule has 0 radical (unpaired) electrons. The van der Waals surface area contributed by atoms with Gasteiger partial charge in [-0.15, -0.1) is 0 Å². The smallest absolute Gasteiger partial charge is 0.225 e. The van der Waals surface area contributed by atoms with Crippen LogP contribution in [0.15, 0.2) is 0 Å². The summed E-state index contributed by atoms with van der Waals surface area (Å²) < 4.78 is 0. The van der Waals surface area contributed by atoms with Crippen LogP contribution in [0.5, 0.6) is 0 Å². The number of aliphatic hydroxyl groups is 1. The molecule has 0 aromatic rings. The van der Waals surface area contributed by atoms with Gasteiger partial charge in [-0.25, -0.2) is 0 Å². The number of likely N-dealkylation sites (N-methyl/N-ethyl adjacent to an activating group) is 1. The van der Waals surface area contributed by atoms with E-state index >= 15 is 0 Å². The van der Waals surface area contributed by atoms with Crippen molar-refractivity contribution < 1.29 is 9.90 Å². The first-order valence-corrected chi connectivity index (χ1v) is 8.36. The molecular weight excluding hydrogens is 252 g/mol. The number of carbonyl (C=O) groups is 1. The molecule has 1 atom stereocenters. The summed E-state index contributed by atoms with van der Waals surface area (Å²) in [7, 11) is 0. The molecule has 1 N–H and O–H groups in total. The number of carbonyl (C=O) groups excluding carboxylic acids is 1. The van der Waals surface area contributed by atoms with E-state index in [9.17, 15) is 9.90 Å². The summed E-state index contributed by atoms with van der Waals surface area (Å²) in [5.74, 6) is 0.398. The minimum Gasteiger partial charge on any atom is -0.393 e. The van der Waals surface area contributed by atoms with E-state index < -0.39 is 0 Å². The van der Waals surface area contributed by atoms with Crippen molar-refractivity contribution in [1.82, 2.24) is 9.80 Å². The van der Waals surface area contributed by atoms with Crippen molar-refractivity contribution in [2.75, 3.05) is 26.2 Å². The molecule has 114 valence electrons. The average molecular weight is 280 g/mol. The van der Waals surface area contributed by atoms with E-state index in [0.29, 0.717) is 18.7 Å². The Labute approximate surface area is 122 Å². The Morgan fingerprint density at radius 1 is 1.20 bits per heavy atom. The lowest BCUT2D eigenvalue weighted by Crippen LogP contribution is -2.62. The summed E-state index contributed by atoms with van der Waals surface area (Å²) in [5.41, 5.74) is 0.253. The summed E-state index contributed by atoms with van der Waals surface area (Å²) in [5, 5.41) is 9.41. The summed E-state index contributed by atoms with van der Waals surface area (Å²) in [6.45, 7) is 6.39. The molecule has 0 bridgehead atoms. The van der Waals surface area contributed by atoms with Crippen LogP contribution in [0.25, 0.3) is 0 Å². The number of nitrogens with zero attached hydrogens (tertiary/aromatic N) is 2. The first-order chi connectivity index (χ1) is 9.64. The highest BCUT2D eigenvalue weighted by molar-refractivity contribution is 5.80. The maximum absolute atomic E-state index is 12.5. The number of likely N-dealkylation sites (tertiary alicyclic amines) is 2. The molecule has 2 saturated heterocycles. The Morgan fingerprint density at radius 3 is 2.65 bits per heavy atom. The van der Waals surface area contributed by atoms with E-state index in [4.69, 9.17) is 0 Å². The van der Waals surface area contributed by atoms with Gasteiger partial charge in [0.2, 0.25) is 5.91 Å². The lowest BCUT2D eigenvalue weighted by atomic mass is 9.77. The van der Waals surface area contributed by atoms with E-state index in [1.54, 1.807) is 0 Å². The molecule has 3 fully saturated rings. The van der Waals surface area contributed by atoms with Crippen molar-refractivity contribution in [3.63, 3.8) is 0 Å². The molecule has 1 saturated carbocycles. The molecule has 20 heavy (non-hydrogen) atoms. The van der Waals surface area contributed by atoms with Crippen molar-refractivity contribution >= 4 is 5.91 Å². The predicted octanol–water partition coefficient (Wildman–Crippen LogP) is 1.62. The zero-order valence-electron chi connectivity index (χ0n) is 12.7. The molecule has 0 aromatic heterocycles. The van der Waals surface area contributed by atoms with Crippen LogP contribution in [0.4, 0.5) is 0 Å². The van der Waals surface area contributed by atoms with Crippen LogP contribution < -0.4 is 0 Å². The minimum absolute atomic E-state index is 0.0961. The first kappa shape index (κ1) is 14.3. The van der Waals surface area contributed by atoms with Crippen LogP contribution in [0.1, 0.15) is 51.9 Å². The monoisotopic (exact) mass is 280 g/mol. The van der Waals surface area contributed by atoms with Gasteiger partial charge in [-0.1, -0.05) is 13.3 Å². The highest BCUT2D eigenvalue weighted by atomic mass is 16.3. The van der Waals surface area contributed by atoms with Crippen molar-refractivity contribution in [2.45, 2.75) is 63.5 Å². The van der Waals surface area contributed by atoms with E-state index in [1.807, 2.05) is 0 Å². The van der Waals surface area contributed by atoms with Gasteiger partial charge < -0.3 is 10.0 Å². The highest BCUT2D eigenvalue weighted by Crippen LogP contribution is 2.37. The fraction of sp³-hybridized carbons (Fsp3) is 0.938. The van der Waals surface area contributed by atoms with E-state index in [-0.39, 0.29) is 17.6 Å². The molecule has 2 aliphatic heterocycles. The van der Waals surface area contributed by atoms with Gasteiger partial charge in [0.1, 0.15) is 0 Å². The van der Waals surface area contributed by atoms with Gasteiger partial charge >= 0.3 is 0 Å². The van der Waals surface area contributed by atoms with E-state index in [2.05, 4.69) is 16.7 Å². The van der Waals surface area contributed by atoms with E-state index in [1.165, 1.54) is 32.2 Å². The Kier molecular flexibility index (Phi) is 4.04. The number of hydrogen-bond acceptors (Lipinski definition) is 3. The second kappa shape index (κ2) is 5.64. The molecule has 1 spiro atoms. The zero-order chi connectivity index (χ0) is 14.2. The number of rotatable bonds is 2. The minimum atomic E-state index is -0.232. The topological polar surface area (TPSA) is 43.8 Å². The highest BCUT2D eigenvalue weighted by Gasteiger charge is 2.44. The van der Waals surface area contributed by atoms with Gasteiger partial charge in [0.25, 0.3) is 0 Å². The predicted molar refractivity (Wildman–Crippen MR) is 78.4 cm³/mol. The lowest BCUT2D eigenvalue weighted by Gasteiger charge is -2.53. The van der Waals surface area contributed by atoms with Crippen molar-refractivity contribution in [1.29, 1.82) is 0 Å². The van der Waals surface area contributed by atoms with E-state index in [0.717, 1.165) is 26.1 Å². The van der Waals surface area contributed by atoms with Crippen molar-refractivity contribution in [2.24, 2.45) is 5.92 Å². The number of aliphatic hydroxyl groups excluding tert-OH is 1. The van der Waals surface area contributed by atoms with Gasteiger partial charge in [0.05, 0.1) is 6.10 Å². The molecular formula is C16H28N2O2. The fourth-order valence-corrected chi connectivity index (χ4v) is 4.46. The Bertz CT molecular complexity index is 363. The number of hydrogen-bond donors (Lipinski definition) is 1. The zero-order valence-corrected chi connectivity index (χ0v) is 12.7. The number of piperidine rings is 2. The van der Waals surface area contributed by atoms with Crippen LogP contribution in [-0.2, 0) is 4.79 Å². The molecule has 1 aliphatic carbocycles. The van der Waals surface area contributed by atoms with Gasteiger partial charge in [-0.2, -0.15) is 0 Å². The van der Waals surface area contributed by atoms with Gasteiger partial charge in [0.15, 0.2) is 0 Å². The first-order valence-electron chi connectivity index (χ1n) is 8.36. The lowest BCUT2D eigenvalue weighted by molar-refractivity contribution is -0.147. The summed E-state index contributed by atoms with van der Waals surface area (Å²) in [4.78, 5) is 17.3. The third-order valence-corrected chi connectivity index (χ3v) is 5.70. The van der Waals surface area contributed by atoms with Crippen LogP contribution in [-0.4, -0.2) is 58.6 Å². The van der Waals surface area contributed by atoms with Crippen molar-refractivity contribution in [3.05, 3.63) is 0 Å². The molecule has 3 rings (SSSR count). The fourth-order valence-electron chi connectivity index (χ4n) is 4.46. The third-order valence-electron chi connectivity index (χ3n) is 5.70. The van der Waals surface area contributed by atoms with Gasteiger partial charge in [-0.05, 0) is 51.6 Å². The molecule has 2 heterocycles. The second-order valence-electron chi connectivity index (χ2n) is 6.95. The summed E-state index contributed by atoms with van der Waals surface area (Å²) in [6.07, 6.45) is 7.37. The summed E-state index contributed by atoms with van der Waals surface area (Å²) in [6, 6.07) is 0. The molecule has 1 unspecified atom stereocenters. The largest absolute Gasteiger partial charge is 0.393 e. The molecule has 3 aliphatic rings. The van der Waals surface area contributed by atoms with Crippen LogP contribution in [0.3, 0.4) is 0 Å². The van der Waals surface area contributed by atoms with Crippen LogP contribution >= 0.6 is 0 Å². The second-order valence-corrected chi connectivity index (χ2v) is 6.95. The van der Waals surface area contributed by atoms with Crippen LogP contribution in [0.2, 0.25) is 0 Å². The Hall–Kier alpha value is -0.610. The maximum atomic E-state index is 12.5. The maximum Gasteiger partial charge on any atom is 0.225 e. The SMILES string of the molecule is CCN1CCCCC12CCCN(C(=O)C1CC(O)C1)C2. The average Bonchev–Trinajstić information content (AvgIpc) is 2.44. The van der Waals surface area contributed by atoms with Crippen molar-refractivity contribution in [3.8, 4) is 0 Å². The van der Waals surface area contributed by atoms with Gasteiger partial charge in [-0.3, -0.25) is 9.69 Å². The normalized spacial score (nSPS) is 38.8. The standard InChI is InChI=1S/C16H28N2O2/c1-2-18-9-4-3-6-16(18)7-5-8-17(12-16)15(20)13-10-14(19)11-13/h13-14,19H,2-12H2,1H3. The third kappa shape index (κ3) is 2.48. The van der Waals surface area contributed by atoms with Gasteiger partial charge in [0, 0.05) is 24.5 Å². The molecule has 4 heteroatoms. The number of amides is 1. The summed E-state index contributed by atoms with van der Waals surface area (Å²) >= 11 is 0. The Morgan fingerprint density at radius 2 is 1.95 bits per heavy atom. The molecule has 4 nitrogen and oxygen atoms in total. The molecule has 1 amide bonds.